The highest BCUT2D eigenvalue weighted by molar-refractivity contribution is 6.80. The Kier molecular flexibility index (Phi) is 8.13. The molecule has 0 N–H and O–H groups in total. The fraction of sp³-hybridized carbons (Fsp3) is 0.588. The van der Waals surface area contributed by atoms with Crippen molar-refractivity contribution in [1.29, 1.82) is 0 Å². The highest BCUT2D eigenvalue weighted by Crippen LogP contribution is 2.32. The van der Waals surface area contributed by atoms with Crippen LogP contribution in [0, 0.1) is 5.41 Å². The van der Waals surface area contributed by atoms with Crippen LogP contribution in [0.25, 0.3) is 0 Å². The lowest BCUT2D eigenvalue weighted by molar-refractivity contribution is -0.168. The Hall–Kier alpha value is -1.58. The van der Waals surface area contributed by atoms with E-state index in [2.05, 4.69) is 31.1 Å². The van der Waals surface area contributed by atoms with Crippen LogP contribution in [-0.4, -0.2) is 34.2 Å². The average Bonchev–Trinajstić information content (AvgIpc) is 2.42. The summed E-state index contributed by atoms with van der Waals surface area (Å²) in [5, 5.41) is 0. The number of hydrogen-bond donors (Lipinski definition) is 0. The monoisotopic (exact) mass is 324 g/mol. The first-order valence-electron chi connectivity index (χ1n) is 7.32. The standard InChI is InChI=1S/C17H28O4Si/c1-14(2)10-8-11-17(15(18)20-3,16(19)21-4)12-9-13-22(5,6)7/h8-9,13H,11-12H2,1-7H3/b13-9+. The van der Waals surface area contributed by atoms with Crippen molar-refractivity contribution in [2.45, 2.75) is 46.3 Å². The number of hydrogen-bond acceptors (Lipinski definition) is 4. The average molecular weight is 324 g/mol. The van der Waals surface area contributed by atoms with Crippen LogP contribution >= 0.6 is 0 Å². The van der Waals surface area contributed by atoms with Gasteiger partial charge >= 0.3 is 11.9 Å². The molecular formula is C17H28O4Si. The van der Waals surface area contributed by atoms with Crippen molar-refractivity contribution in [2.24, 2.45) is 5.41 Å². The molecule has 0 aliphatic heterocycles. The molecule has 0 rings (SSSR count). The normalized spacial score (nSPS) is 11.8. The predicted octanol–water partition coefficient (Wildman–Crippen LogP) is 3.65. The molecule has 0 bridgehead atoms. The van der Waals surface area contributed by atoms with E-state index in [1.165, 1.54) is 14.2 Å². The van der Waals surface area contributed by atoms with Crippen molar-refractivity contribution < 1.29 is 19.1 Å². The van der Waals surface area contributed by atoms with Crippen molar-refractivity contribution in [3.8, 4) is 0 Å². The molecule has 0 unspecified atom stereocenters. The number of methoxy groups -OCH3 is 2. The molecule has 0 saturated carbocycles. The summed E-state index contributed by atoms with van der Waals surface area (Å²) in [5.41, 5.74) is 4.76. The van der Waals surface area contributed by atoms with E-state index >= 15 is 0 Å². The van der Waals surface area contributed by atoms with Crippen LogP contribution in [0.3, 0.4) is 0 Å². The third-order valence-electron chi connectivity index (χ3n) is 3.08. The molecule has 0 spiro atoms. The first-order valence-corrected chi connectivity index (χ1v) is 10.9. The second-order valence-corrected chi connectivity index (χ2v) is 11.7. The van der Waals surface area contributed by atoms with Gasteiger partial charge in [0.2, 0.25) is 0 Å². The van der Waals surface area contributed by atoms with Crippen molar-refractivity contribution in [1.82, 2.24) is 0 Å². The number of allylic oxidation sites excluding steroid dienone is 2. The summed E-state index contributed by atoms with van der Waals surface area (Å²) >= 11 is 0. The lowest BCUT2D eigenvalue weighted by Crippen LogP contribution is -2.40. The van der Waals surface area contributed by atoms with Crippen LogP contribution in [0.2, 0.25) is 19.6 Å². The van der Waals surface area contributed by atoms with Crippen LogP contribution in [0.5, 0.6) is 0 Å². The maximum Gasteiger partial charge on any atom is 0.323 e. The second-order valence-electron chi connectivity index (χ2n) is 6.59. The van der Waals surface area contributed by atoms with Gasteiger partial charge in [0.25, 0.3) is 0 Å². The summed E-state index contributed by atoms with van der Waals surface area (Å²) in [5.74, 6) is -1.15. The van der Waals surface area contributed by atoms with Gasteiger partial charge in [-0.25, -0.2) is 0 Å². The number of carbonyl (C=O) groups is 2. The zero-order chi connectivity index (χ0) is 17.4. The van der Waals surface area contributed by atoms with Crippen molar-refractivity contribution >= 4 is 20.0 Å². The largest absolute Gasteiger partial charge is 0.468 e. The van der Waals surface area contributed by atoms with Gasteiger partial charge in [0.05, 0.1) is 22.3 Å². The Bertz CT molecular complexity index is 471. The molecule has 0 radical (unpaired) electrons. The first-order chi connectivity index (χ1) is 10.1. The minimum absolute atomic E-state index is 0.202. The maximum absolute atomic E-state index is 12.3. The lowest BCUT2D eigenvalue weighted by Gasteiger charge is -2.26. The van der Waals surface area contributed by atoms with Gasteiger partial charge in [-0.2, -0.15) is 0 Å². The molecule has 0 aliphatic carbocycles. The Morgan fingerprint density at radius 3 is 1.91 bits per heavy atom. The summed E-state index contributed by atoms with van der Waals surface area (Å²) in [7, 11) is 1.16. The predicted molar refractivity (Wildman–Crippen MR) is 91.1 cm³/mol. The number of carbonyl (C=O) groups excluding carboxylic acids is 2. The maximum atomic E-state index is 12.3. The van der Waals surface area contributed by atoms with E-state index < -0.39 is 25.4 Å². The van der Waals surface area contributed by atoms with Crippen LogP contribution in [0.1, 0.15) is 26.7 Å². The van der Waals surface area contributed by atoms with Crippen molar-refractivity contribution in [3.05, 3.63) is 29.2 Å². The summed E-state index contributed by atoms with van der Waals surface area (Å²) in [6.45, 7) is 10.4. The highest BCUT2D eigenvalue weighted by atomic mass is 28.3. The van der Waals surface area contributed by atoms with Crippen molar-refractivity contribution in [3.63, 3.8) is 0 Å². The Balaban J connectivity index is 5.67. The van der Waals surface area contributed by atoms with Crippen molar-refractivity contribution in [2.75, 3.05) is 14.2 Å². The van der Waals surface area contributed by atoms with E-state index in [4.69, 9.17) is 9.47 Å². The molecule has 0 saturated heterocycles. The van der Waals surface area contributed by atoms with Gasteiger partial charge in [-0.1, -0.05) is 31.4 Å². The van der Waals surface area contributed by atoms with Gasteiger partial charge in [-0.15, -0.1) is 5.73 Å². The van der Waals surface area contributed by atoms with Crippen LogP contribution in [0.15, 0.2) is 29.2 Å². The van der Waals surface area contributed by atoms with E-state index in [1.807, 2.05) is 19.9 Å². The third kappa shape index (κ3) is 6.46. The molecular weight excluding hydrogens is 296 g/mol. The van der Waals surface area contributed by atoms with Gasteiger partial charge < -0.3 is 9.47 Å². The van der Waals surface area contributed by atoms with Gasteiger partial charge in [0.15, 0.2) is 5.41 Å². The molecule has 5 heteroatoms. The number of esters is 2. The Morgan fingerprint density at radius 1 is 1.05 bits per heavy atom. The summed E-state index contributed by atoms with van der Waals surface area (Å²) in [6.07, 6.45) is 4.06. The van der Waals surface area contributed by atoms with Gasteiger partial charge in [0.1, 0.15) is 0 Å². The molecule has 0 amide bonds. The highest BCUT2D eigenvalue weighted by Gasteiger charge is 2.46. The zero-order valence-electron chi connectivity index (χ0n) is 14.8. The van der Waals surface area contributed by atoms with Gasteiger partial charge in [-0.05, 0) is 38.3 Å². The molecule has 0 aromatic carbocycles. The minimum Gasteiger partial charge on any atom is -0.468 e. The fourth-order valence-corrected chi connectivity index (χ4v) is 2.76. The molecule has 0 aliphatic rings. The molecule has 0 aromatic heterocycles. The number of rotatable bonds is 7. The molecule has 0 fully saturated rings. The molecule has 0 aromatic rings. The van der Waals surface area contributed by atoms with Crippen LogP contribution in [-0.2, 0) is 19.1 Å². The van der Waals surface area contributed by atoms with E-state index in [1.54, 1.807) is 6.08 Å². The molecule has 0 heterocycles. The molecule has 4 nitrogen and oxygen atoms in total. The minimum atomic E-state index is -1.41. The van der Waals surface area contributed by atoms with E-state index in [0.717, 1.165) is 5.57 Å². The second kappa shape index (κ2) is 8.76. The van der Waals surface area contributed by atoms with Gasteiger partial charge in [0, 0.05) is 0 Å². The quantitative estimate of drug-likeness (QED) is 0.310. The smallest absolute Gasteiger partial charge is 0.323 e. The molecule has 124 valence electrons. The van der Waals surface area contributed by atoms with Crippen LogP contribution < -0.4 is 0 Å². The third-order valence-corrected chi connectivity index (χ3v) is 4.31. The van der Waals surface area contributed by atoms with E-state index in [-0.39, 0.29) is 12.8 Å². The molecule has 0 atom stereocenters. The van der Waals surface area contributed by atoms with E-state index in [0.29, 0.717) is 0 Å². The summed E-state index contributed by atoms with van der Waals surface area (Å²) in [6, 6.07) is 0. The van der Waals surface area contributed by atoms with Gasteiger partial charge in [-0.3, -0.25) is 9.59 Å². The molecule has 22 heavy (non-hydrogen) atoms. The van der Waals surface area contributed by atoms with E-state index in [9.17, 15) is 9.59 Å². The summed E-state index contributed by atoms with van der Waals surface area (Å²) in [4.78, 5) is 24.5. The first kappa shape index (κ1) is 20.4. The lowest BCUT2D eigenvalue weighted by atomic mass is 9.81. The number of ether oxygens (including phenoxy) is 2. The zero-order valence-corrected chi connectivity index (χ0v) is 15.8. The summed E-state index contributed by atoms with van der Waals surface area (Å²) < 4.78 is 9.72. The SMILES string of the molecule is COC(=O)C(CC=C=C(C)C)(C/C=C/[Si](C)(C)C)C(=O)OC. The van der Waals surface area contributed by atoms with Crippen LogP contribution in [0.4, 0.5) is 0 Å². The Morgan fingerprint density at radius 2 is 1.55 bits per heavy atom. The fourth-order valence-electron chi connectivity index (χ4n) is 1.93. The topological polar surface area (TPSA) is 52.6 Å². The Labute approximate surface area is 134 Å².